The lowest BCUT2D eigenvalue weighted by atomic mass is 10.1. The number of rotatable bonds is 7. The van der Waals surface area contributed by atoms with E-state index in [4.69, 9.17) is 0 Å². The van der Waals surface area contributed by atoms with Crippen molar-refractivity contribution in [1.82, 2.24) is 10.6 Å². The van der Waals surface area contributed by atoms with E-state index in [1.165, 1.54) is 11.1 Å². The minimum Gasteiger partial charge on any atom is -0.356 e. The number of guanidine groups is 1. The summed E-state index contributed by atoms with van der Waals surface area (Å²) in [6.07, 6.45) is 4.23. The summed E-state index contributed by atoms with van der Waals surface area (Å²) < 4.78 is 0. The maximum atomic E-state index is 4.20. The number of benzene rings is 1. The minimum absolute atomic E-state index is 0.888. The molecule has 0 heterocycles. The zero-order valence-electron chi connectivity index (χ0n) is 12.2. The topological polar surface area (TPSA) is 36.4 Å². The standard InChI is InChI=1S/C15H25N3S/c1-4-13-5-7-14(8-6-13)9-10-17-15(16-2)18-11-12-19-3/h5-8H,4,9-12H2,1-3H3,(H2,16,17,18). The molecule has 1 aromatic rings. The summed E-state index contributed by atoms with van der Waals surface area (Å²) in [5.74, 6) is 1.98. The fourth-order valence-electron chi connectivity index (χ4n) is 1.76. The van der Waals surface area contributed by atoms with Crippen LogP contribution < -0.4 is 10.6 Å². The molecule has 1 aromatic carbocycles. The van der Waals surface area contributed by atoms with E-state index in [-0.39, 0.29) is 0 Å². The Bertz CT molecular complexity index is 373. The molecule has 106 valence electrons. The fourth-order valence-corrected chi connectivity index (χ4v) is 2.07. The van der Waals surface area contributed by atoms with Gasteiger partial charge in [0.05, 0.1) is 0 Å². The van der Waals surface area contributed by atoms with Crippen molar-refractivity contribution in [3.05, 3.63) is 35.4 Å². The Balaban J connectivity index is 2.27. The Kier molecular flexibility index (Phi) is 8.14. The zero-order chi connectivity index (χ0) is 13.9. The molecule has 3 nitrogen and oxygen atoms in total. The molecule has 0 atom stereocenters. The summed E-state index contributed by atoms with van der Waals surface area (Å²) in [7, 11) is 1.81. The van der Waals surface area contributed by atoms with E-state index in [9.17, 15) is 0 Å². The molecule has 0 saturated carbocycles. The van der Waals surface area contributed by atoms with Crippen LogP contribution in [0.2, 0.25) is 0 Å². The lowest BCUT2D eigenvalue weighted by molar-refractivity contribution is 0.812. The minimum atomic E-state index is 0.888. The first-order valence-electron chi connectivity index (χ1n) is 6.81. The Morgan fingerprint density at radius 2 is 1.74 bits per heavy atom. The number of aliphatic imine (C=N–C) groups is 1. The lowest BCUT2D eigenvalue weighted by Gasteiger charge is -2.11. The molecule has 0 aliphatic heterocycles. The SMILES string of the molecule is CCc1ccc(CCNC(=NC)NCCSC)cc1. The molecule has 0 bridgehead atoms. The molecule has 0 aliphatic rings. The summed E-state index contributed by atoms with van der Waals surface area (Å²) in [6.45, 7) is 4.04. The number of hydrogen-bond acceptors (Lipinski definition) is 2. The highest BCUT2D eigenvalue weighted by atomic mass is 32.2. The molecule has 0 fully saturated rings. The first-order chi connectivity index (χ1) is 9.30. The van der Waals surface area contributed by atoms with E-state index in [1.54, 1.807) is 0 Å². The lowest BCUT2D eigenvalue weighted by Crippen LogP contribution is -2.39. The van der Waals surface area contributed by atoms with Gasteiger partial charge in [0.15, 0.2) is 5.96 Å². The molecule has 1 rings (SSSR count). The van der Waals surface area contributed by atoms with Crippen molar-refractivity contribution >= 4 is 17.7 Å². The van der Waals surface area contributed by atoms with Gasteiger partial charge in [0.2, 0.25) is 0 Å². The Morgan fingerprint density at radius 1 is 1.11 bits per heavy atom. The zero-order valence-corrected chi connectivity index (χ0v) is 13.0. The van der Waals surface area contributed by atoms with Gasteiger partial charge in [0, 0.05) is 25.9 Å². The Labute approximate surface area is 121 Å². The highest BCUT2D eigenvalue weighted by Gasteiger charge is 1.97. The van der Waals surface area contributed by atoms with E-state index in [1.807, 2.05) is 18.8 Å². The van der Waals surface area contributed by atoms with Crippen LogP contribution in [0.4, 0.5) is 0 Å². The second kappa shape index (κ2) is 9.73. The number of nitrogens with one attached hydrogen (secondary N) is 2. The van der Waals surface area contributed by atoms with Crippen LogP contribution in [-0.2, 0) is 12.8 Å². The number of thioether (sulfide) groups is 1. The molecular formula is C15H25N3S. The van der Waals surface area contributed by atoms with E-state index >= 15 is 0 Å². The van der Waals surface area contributed by atoms with Crippen LogP contribution in [0.3, 0.4) is 0 Å². The van der Waals surface area contributed by atoms with Crippen LogP contribution in [0.1, 0.15) is 18.1 Å². The summed E-state index contributed by atoms with van der Waals surface area (Å²) in [5, 5.41) is 6.63. The Morgan fingerprint density at radius 3 is 2.32 bits per heavy atom. The van der Waals surface area contributed by atoms with Crippen molar-refractivity contribution in [2.45, 2.75) is 19.8 Å². The third kappa shape index (κ3) is 6.53. The Hall–Kier alpha value is -1.16. The first kappa shape index (κ1) is 15.9. The van der Waals surface area contributed by atoms with Gasteiger partial charge in [-0.05, 0) is 30.2 Å². The van der Waals surface area contributed by atoms with Crippen molar-refractivity contribution in [3.63, 3.8) is 0 Å². The van der Waals surface area contributed by atoms with E-state index in [0.717, 1.165) is 37.6 Å². The molecule has 4 heteroatoms. The van der Waals surface area contributed by atoms with Crippen LogP contribution in [0.25, 0.3) is 0 Å². The van der Waals surface area contributed by atoms with Gasteiger partial charge in [-0.1, -0.05) is 31.2 Å². The fraction of sp³-hybridized carbons (Fsp3) is 0.533. The van der Waals surface area contributed by atoms with Crippen molar-refractivity contribution in [2.24, 2.45) is 4.99 Å². The van der Waals surface area contributed by atoms with Gasteiger partial charge in [-0.15, -0.1) is 0 Å². The van der Waals surface area contributed by atoms with Gasteiger partial charge in [-0.25, -0.2) is 0 Å². The van der Waals surface area contributed by atoms with Gasteiger partial charge < -0.3 is 10.6 Å². The summed E-state index contributed by atoms with van der Waals surface area (Å²) in [6, 6.07) is 8.84. The van der Waals surface area contributed by atoms with Crippen LogP contribution >= 0.6 is 11.8 Å². The molecule has 0 saturated heterocycles. The molecule has 2 N–H and O–H groups in total. The van der Waals surface area contributed by atoms with Crippen molar-refractivity contribution < 1.29 is 0 Å². The van der Waals surface area contributed by atoms with Crippen LogP contribution in [0.15, 0.2) is 29.3 Å². The summed E-state index contributed by atoms with van der Waals surface area (Å²) in [4.78, 5) is 4.20. The van der Waals surface area contributed by atoms with Gasteiger partial charge in [0.1, 0.15) is 0 Å². The monoisotopic (exact) mass is 279 g/mol. The highest BCUT2D eigenvalue weighted by molar-refractivity contribution is 7.98. The van der Waals surface area contributed by atoms with Crippen LogP contribution in [0.5, 0.6) is 0 Å². The smallest absolute Gasteiger partial charge is 0.191 e. The highest BCUT2D eigenvalue weighted by Crippen LogP contribution is 2.05. The third-order valence-corrected chi connectivity index (χ3v) is 3.57. The molecule has 0 amide bonds. The van der Waals surface area contributed by atoms with Crippen LogP contribution in [-0.4, -0.2) is 38.1 Å². The molecule has 0 radical (unpaired) electrons. The number of aryl methyl sites for hydroxylation is 1. The number of hydrogen-bond donors (Lipinski definition) is 2. The molecule has 0 spiro atoms. The molecule has 0 unspecified atom stereocenters. The summed E-state index contributed by atoms with van der Waals surface area (Å²) >= 11 is 1.83. The maximum Gasteiger partial charge on any atom is 0.191 e. The second-order valence-electron chi connectivity index (χ2n) is 4.34. The van der Waals surface area contributed by atoms with Crippen molar-refractivity contribution in [3.8, 4) is 0 Å². The predicted molar refractivity (Wildman–Crippen MR) is 87.3 cm³/mol. The van der Waals surface area contributed by atoms with E-state index in [2.05, 4.69) is 53.1 Å². The maximum absolute atomic E-state index is 4.20. The third-order valence-electron chi connectivity index (χ3n) is 2.96. The normalized spacial score (nSPS) is 11.4. The second-order valence-corrected chi connectivity index (χ2v) is 5.32. The molecular weight excluding hydrogens is 254 g/mol. The van der Waals surface area contributed by atoms with Gasteiger partial charge in [0.25, 0.3) is 0 Å². The summed E-state index contributed by atoms with van der Waals surface area (Å²) in [5.41, 5.74) is 2.76. The molecule has 0 aromatic heterocycles. The van der Waals surface area contributed by atoms with Crippen molar-refractivity contribution in [2.75, 3.05) is 32.1 Å². The predicted octanol–water partition coefficient (Wildman–Crippen LogP) is 2.32. The van der Waals surface area contributed by atoms with Crippen LogP contribution in [0, 0.1) is 0 Å². The molecule has 0 aliphatic carbocycles. The van der Waals surface area contributed by atoms with E-state index < -0.39 is 0 Å². The van der Waals surface area contributed by atoms with E-state index in [0.29, 0.717) is 0 Å². The largest absolute Gasteiger partial charge is 0.356 e. The quantitative estimate of drug-likeness (QED) is 0.457. The van der Waals surface area contributed by atoms with Gasteiger partial charge in [-0.3, -0.25) is 4.99 Å². The van der Waals surface area contributed by atoms with Gasteiger partial charge in [-0.2, -0.15) is 11.8 Å². The number of nitrogens with zero attached hydrogens (tertiary/aromatic N) is 1. The average Bonchev–Trinajstić information content (AvgIpc) is 2.46. The van der Waals surface area contributed by atoms with Crippen molar-refractivity contribution in [1.29, 1.82) is 0 Å². The first-order valence-corrected chi connectivity index (χ1v) is 8.20. The van der Waals surface area contributed by atoms with Gasteiger partial charge >= 0.3 is 0 Å². The average molecular weight is 279 g/mol. The molecule has 19 heavy (non-hydrogen) atoms.